The minimum Gasteiger partial charge on any atom is -0.472 e. The SMILES string of the molecule is CCN1CCN(S(=O)(=O)c2ccc(NC(=O)C3CCCN(C(=O)c4ccoc4)C3)cc2)CC1. The van der Waals surface area contributed by atoms with Crippen LogP contribution in [0, 0.1) is 5.92 Å². The van der Waals surface area contributed by atoms with Crippen molar-refractivity contribution in [3.05, 3.63) is 48.4 Å². The number of nitrogens with zero attached hydrogens (tertiary/aromatic N) is 3. The number of benzene rings is 1. The lowest BCUT2D eigenvalue weighted by atomic mass is 9.96. The Labute approximate surface area is 194 Å². The van der Waals surface area contributed by atoms with Gasteiger partial charge < -0.3 is 19.5 Å². The molecule has 1 aromatic carbocycles. The van der Waals surface area contributed by atoms with Crippen molar-refractivity contribution >= 4 is 27.5 Å². The van der Waals surface area contributed by atoms with E-state index < -0.39 is 10.0 Å². The van der Waals surface area contributed by atoms with Crippen LogP contribution < -0.4 is 5.32 Å². The van der Waals surface area contributed by atoms with Crippen LogP contribution >= 0.6 is 0 Å². The van der Waals surface area contributed by atoms with Gasteiger partial charge in [-0.2, -0.15) is 4.31 Å². The van der Waals surface area contributed by atoms with Crippen LogP contribution in [-0.2, 0) is 14.8 Å². The quantitative estimate of drug-likeness (QED) is 0.688. The van der Waals surface area contributed by atoms with Crippen molar-refractivity contribution in [1.82, 2.24) is 14.1 Å². The maximum absolute atomic E-state index is 12.9. The Kier molecular flexibility index (Phi) is 7.16. The van der Waals surface area contributed by atoms with Gasteiger partial charge in [0.05, 0.1) is 22.6 Å². The molecule has 33 heavy (non-hydrogen) atoms. The summed E-state index contributed by atoms with van der Waals surface area (Å²) in [7, 11) is -3.56. The molecule has 2 saturated heterocycles. The number of piperidine rings is 1. The Hall–Kier alpha value is -2.69. The number of sulfonamides is 1. The number of rotatable bonds is 6. The van der Waals surface area contributed by atoms with Gasteiger partial charge in [-0.25, -0.2) is 8.42 Å². The monoisotopic (exact) mass is 474 g/mol. The van der Waals surface area contributed by atoms with Crippen molar-refractivity contribution in [2.75, 3.05) is 51.1 Å². The minimum atomic E-state index is -3.56. The van der Waals surface area contributed by atoms with Crippen LogP contribution in [0.25, 0.3) is 0 Å². The molecular formula is C23H30N4O5S. The second kappa shape index (κ2) is 10.1. The third-order valence-electron chi connectivity index (χ3n) is 6.39. The highest BCUT2D eigenvalue weighted by atomic mass is 32.2. The summed E-state index contributed by atoms with van der Waals surface area (Å²) in [5.74, 6) is -0.644. The Balaban J connectivity index is 1.35. The zero-order valence-electron chi connectivity index (χ0n) is 18.8. The van der Waals surface area contributed by atoms with E-state index in [1.54, 1.807) is 23.1 Å². The van der Waals surface area contributed by atoms with E-state index in [1.165, 1.54) is 29.0 Å². The molecule has 4 rings (SSSR count). The fourth-order valence-electron chi connectivity index (χ4n) is 4.33. The summed E-state index contributed by atoms with van der Waals surface area (Å²) in [5.41, 5.74) is 1.01. The molecule has 1 unspecified atom stereocenters. The van der Waals surface area contributed by atoms with Gasteiger partial charge in [-0.05, 0) is 49.7 Å². The first-order valence-corrected chi connectivity index (χ1v) is 12.8. The smallest absolute Gasteiger partial charge is 0.257 e. The molecule has 0 spiro atoms. The second-order valence-electron chi connectivity index (χ2n) is 8.45. The first-order valence-electron chi connectivity index (χ1n) is 11.3. The Morgan fingerprint density at radius 3 is 2.42 bits per heavy atom. The molecule has 2 amide bonds. The summed E-state index contributed by atoms with van der Waals surface area (Å²) in [6.45, 7) is 6.34. The number of amides is 2. The van der Waals surface area contributed by atoms with Gasteiger partial charge in [0.25, 0.3) is 5.91 Å². The molecule has 0 bridgehead atoms. The summed E-state index contributed by atoms with van der Waals surface area (Å²) in [6, 6.07) is 7.92. The first-order chi connectivity index (χ1) is 15.9. The second-order valence-corrected chi connectivity index (χ2v) is 10.4. The number of carbonyl (C=O) groups is 2. The maximum atomic E-state index is 12.9. The number of piperazine rings is 1. The van der Waals surface area contributed by atoms with E-state index in [1.807, 2.05) is 0 Å². The van der Waals surface area contributed by atoms with Crippen LogP contribution in [0.1, 0.15) is 30.1 Å². The standard InChI is InChI=1S/C23H30N4O5S/c1-2-25-11-13-27(14-12-25)33(30,31)21-7-5-20(6-8-21)24-22(28)18-4-3-10-26(16-18)23(29)19-9-15-32-17-19/h5-9,15,17-18H,2-4,10-14,16H2,1H3,(H,24,28). The van der Waals surface area contributed by atoms with Crippen molar-refractivity contribution < 1.29 is 22.4 Å². The molecule has 3 heterocycles. The average molecular weight is 475 g/mol. The number of nitrogens with one attached hydrogen (secondary N) is 1. The summed E-state index contributed by atoms with van der Waals surface area (Å²) in [4.78, 5) is 29.5. The molecule has 1 aromatic heterocycles. The van der Waals surface area contributed by atoms with Crippen LogP contribution in [0.2, 0.25) is 0 Å². The molecule has 9 nitrogen and oxygen atoms in total. The van der Waals surface area contributed by atoms with Gasteiger partial charge >= 0.3 is 0 Å². The molecule has 10 heteroatoms. The lowest BCUT2D eigenvalue weighted by Gasteiger charge is -2.33. The zero-order chi connectivity index (χ0) is 23.4. The molecule has 1 atom stereocenters. The number of furan rings is 1. The molecule has 2 fully saturated rings. The molecule has 2 aromatic rings. The first kappa shape index (κ1) is 23.5. The minimum absolute atomic E-state index is 0.143. The van der Waals surface area contributed by atoms with E-state index in [2.05, 4.69) is 17.1 Å². The van der Waals surface area contributed by atoms with Gasteiger partial charge in [0, 0.05) is 45.0 Å². The third-order valence-corrected chi connectivity index (χ3v) is 8.30. The highest BCUT2D eigenvalue weighted by molar-refractivity contribution is 7.89. The molecule has 0 radical (unpaired) electrons. The number of carbonyl (C=O) groups excluding carboxylic acids is 2. The number of hydrogen-bond acceptors (Lipinski definition) is 6. The predicted octanol–water partition coefficient (Wildman–Crippen LogP) is 2.10. The average Bonchev–Trinajstić information content (AvgIpc) is 3.39. The van der Waals surface area contributed by atoms with Crippen molar-refractivity contribution in [3.8, 4) is 0 Å². The number of anilines is 1. The highest BCUT2D eigenvalue weighted by Crippen LogP contribution is 2.23. The summed E-state index contributed by atoms with van der Waals surface area (Å²) >= 11 is 0. The molecule has 0 aliphatic carbocycles. The fraction of sp³-hybridized carbons (Fsp3) is 0.478. The van der Waals surface area contributed by atoms with Crippen LogP contribution in [0.4, 0.5) is 5.69 Å². The molecule has 178 valence electrons. The van der Waals surface area contributed by atoms with Gasteiger partial charge in [-0.1, -0.05) is 6.92 Å². The van der Waals surface area contributed by atoms with E-state index in [4.69, 9.17) is 4.42 Å². The van der Waals surface area contributed by atoms with Crippen LogP contribution in [-0.4, -0.2) is 80.2 Å². The number of likely N-dealkylation sites (N-methyl/N-ethyl adjacent to an activating group) is 1. The Bertz CT molecular complexity index is 1060. The van der Waals surface area contributed by atoms with Gasteiger partial charge in [-0.3, -0.25) is 9.59 Å². The van der Waals surface area contributed by atoms with E-state index in [9.17, 15) is 18.0 Å². The van der Waals surface area contributed by atoms with E-state index in [0.717, 1.165) is 26.1 Å². The van der Waals surface area contributed by atoms with Crippen LogP contribution in [0.5, 0.6) is 0 Å². The number of likely N-dealkylation sites (tertiary alicyclic amines) is 1. The van der Waals surface area contributed by atoms with Crippen LogP contribution in [0.3, 0.4) is 0 Å². The zero-order valence-corrected chi connectivity index (χ0v) is 19.6. The topological polar surface area (TPSA) is 103 Å². The number of hydrogen-bond donors (Lipinski definition) is 1. The fourth-order valence-corrected chi connectivity index (χ4v) is 5.76. The van der Waals surface area contributed by atoms with E-state index >= 15 is 0 Å². The maximum Gasteiger partial charge on any atom is 0.257 e. The largest absolute Gasteiger partial charge is 0.472 e. The van der Waals surface area contributed by atoms with Crippen LogP contribution in [0.15, 0.2) is 52.2 Å². The molecule has 1 N–H and O–H groups in total. The van der Waals surface area contributed by atoms with Gasteiger partial charge in [0.2, 0.25) is 15.9 Å². The van der Waals surface area contributed by atoms with Crippen molar-refractivity contribution in [2.24, 2.45) is 5.92 Å². The summed E-state index contributed by atoms with van der Waals surface area (Å²) in [6.07, 6.45) is 4.29. The highest BCUT2D eigenvalue weighted by Gasteiger charge is 2.30. The van der Waals surface area contributed by atoms with Crippen molar-refractivity contribution in [3.63, 3.8) is 0 Å². The van der Waals surface area contributed by atoms with Gasteiger partial charge in [-0.15, -0.1) is 0 Å². The van der Waals surface area contributed by atoms with E-state index in [-0.39, 0.29) is 22.6 Å². The lowest BCUT2D eigenvalue weighted by molar-refractivity contribution is -0.121. The van der Waals surface area contributed by atoms with Gasteiger partial charge in [0.1, 0.15) is 6.26 Å². The molecule has 2 aliphatic rings. The molecule has 2 aliphatic heterocycles. The Morgan fingerprint density at radius 1 is 1.06 bits per heavy atom. The molecular weight excluding hydrogens is 444 g/mol. The van der Waals surface area contributed by atoms with Crippen molar-refractivity contribution in [2.45, 2.75) is 24.7 Å². The predicted molar refractivity (Wildman–Crippen MR) is 123 cm³/mol. The molecule has 0 saturated carbocycles. The third kappa shape index (κ3) is 5.29. The summed E-state index contributed by atoms with van der Waals surface area (Å²) in [5, 5.41) is 2.87. The normalized spacial score (nSPS) is 20.5. The lowest BCUT2D eigenvalue weighted by Crippen LogP contribution is -2.48. The van der Waals surface area contributed by atoms with Gasteiger partial charge in [0.15, 0.2) is 0 Å². The summed E-state index contributed by atoms with van der Waals surface area (Å²) < 4.78 is 32.4. The van der Waals surface area contributed by atoms with E-state index in [0.29, 0.717) is 43.9 Å². The Morgan fingerprint density at radius 2 is 1.79 bits per heavy atom. The van der Waals surface area contributed by atoms with Crippen molar-refractivity contribution in [1.29, 1.82) is 0 Å².